The van der Waals surface area contributed by atoms with Crippen LogP contribution in [0.25, 0.3) is 16.8 Å². The number of anilines is 1. The third-order valence-corrected chi connectivity index (χ3v) is 5.69. The summed E-state index contributed by atoms with van der Waals surface area (Å²) >= 11 is 0. The number of hydrogen-bond acceptors (Lipinski definition) is 3. The van der Waals surface area contributed by atoms with Crippen molar-refractivity contribution in [2.24, 2.45) is 0 Å². The zero-order valence-corrected chi connectivity index (χ0v) is 19.6. The molecular formula is C30H26N2O2. The van der Waals surface area contributed by atoms with Crippen molar-refractivity contribution < 1.29 is 9.53 Å². The van der Waals surface area contributed by atoms with Crippen LogP contribution in [0.2, 0.25) is 0 Å². The van der Waals surface area contributed by atoms with Crippen LogP contribution in [0.4, 0.5) is 5.69 Å². The van der Waals surface area contributed by atoms with Gasteiger partial charge in [0.25, 0.3) is 5.91 Å². The van der Waals surface area contributed by atoms with Crippen LogP contribution in [-0.2, 0) is 11.4 Å². The molecule has 4 aromatic carbocycles. The molecule has 0 unspecified atom stereocenters. The van der Waals surface area contributed by atoms with Crippen LogP contribution in [0.5, 0.6) is 5.75 Å². The number of nitrogens with one attached hydrogen (secondary N) is 1. The zero-order chi connectivity index (χ0) is 24.1. The van der Waals surface area contributed by atoms with Crippen LogP contribution in [0.15, 0.2) is 84.4 Å². The first-order chi connectivity index (χ1) is 16.4. The van der Waals surface area contributed by atoms with E-state index in [1.165, 1.54) is 0 Å². The Kier molecular flexibility index (Phi) is 6.75. The third kappa shape index (κ3) is 5.16. The maximum absolute atomic E-state index is 13.0. The molecule has 168 valence electrons. The molecule has 0 aromatic heterocycles. The third-order valence-electron chi connectivity index (χ3n) is 5.69. The van der Waals surface area contributed by atoms with Crippen LogP contribution in [-0.4, -0.2) is 5.91 Å². The number of carbonyl (C=O) groups is 1. The number of benzene rings is 4. The number of fused-ring (bicyclic) bond motifs is 1. The number of carbonyl (C=O) groups excluding carboxylic acids is 1. The maximum Gasteiger partial charge on any atom is 0.266 e. The summed E-state index contributed by atoms with van der Waals surface area (Å²) in [6.45, 7) is 6.36. The number of nitriles is 1. The molecule has 0 fully saturated rings. The van der Waals surface area contributed by atoms with Crippen molar-refractivity contribution in [3.05, 3.63) is 112 Å². The maximum atomic E-state index is 13.0. The van der Waals surface area contributed by atoms with E-state index >= 15 is 0 Å². The van der Waals surface area contributed by atoms with E-state index in [9.17, 15) is 10.1 Å². The van der Waals surface area contributed by atoms with Crippen LogP contribution in [0.1, 0.15) is 27.8 Å². The molecule has 0 spiro atoms. The normalized spacial score (nSPS) is 11.2. The van der Waals surface area contributed by atoms with Crippen LogP contribution >= 0.6 is 0 Å². The minimum absolute atomic E-state index is 0.0109. The van der Waals surface area contributed by atoms with Crippen molar-refractivity contribution in [2.75, 3.05) is 5.32 Å². The first kappa shape index (κ1) is 22.8. The van der Waals surface area contributed by atoms with Gasteiger partial charge in [0.1, 0.15) is 24.0 Å². The fourth-order valence-electron chi connectivity index (χ4n) is 3.95. The highest BCUT2D eigenvalue weighted by Crippen LogP contribution is 2.31. The molecule has 1 amide bonds. The number of hydrogen-bond donors (Lipinski definition) is 1. The topological polar surface area (TPSA) is 62.1 Å². The van der Waals surface area contributed by atoms with Crippen molar-refractivity contribution in [1.29, 1.82) is 5.26 Å². The summed E-state index contributed by atoms with van der Waals surface area (Å²) in [6.07, 6.45) is 1.62. The Labute approximate surface area is 200 Å². The lowest BCUT2D eigenvalue weighted by atomic mass is 10.0. The Morgan fingerprint density at radius 3 is 2.50 bits per heavy atom. The fourth-order valence-corrected chi connectivity index (χ4v) is 3.95. The predicted molar refractivity (Wildman–Crippen MR) is 138 cm³/mol. The first-order valence-electron chi connectivity index (χ1n) is 11.1. The van der Waals surface area contributed by atoms with Gasteiger partial charge in [0.15, 0.2) is 0 Å². The van der Waals surface area contributed by atoms with Gasteiger partial charge in [0.05, 0.1) is 0 Å². The van der Waals surface area contributed by atoms with E-state index in [0.717, 1.165) is 33.0 Å². The molecule has 4 nitrogen and oxygen atoms in total. The van der Waals surface area contributed by atoms with E-state index in [1.807, 2.05) is 93.6 Å². The number of amides is 1. The summed E-state index contributed by atoms with van der Waals surface area (Å²) in [4.78, 5) is 13.0. The molecule has 0 aliphatic carbocycles. The van der Waals surface area contributed by atoms with E-state index in [1.54, 1.807) is 6.08 Å². The van der Waals surface area contributed by atoms with E-state index < -0.39 is 5.91 Å². The smallest absolute Gasteiger partial charge is 0.266 e. The number of rotatable bonds is 6. The average Bonchev–Trinajstić information content (AvgIpc) is 2.83. The molecule has 0 saturated carbocycles. The summed E-state index contributed by atoms with van der Waals surface area (Å²) < 4.78 is 6.18. The lowest BCUT2D eigenvalue weighted by Gasteiger charge is -2.13. The van der Waals surface area contributed by atoms with Gasteiger partial charge in [-0.1, -0.05) is 77.9 Å². The van der Waals surface area contributed by atoms with Gasteiger partial charge in [0, 0.05) is 11.3 Å². The van der Waals surface area contributed by atoms with Crippen molar-refractivity contribution in [3.63, 3.8) is 0 Å². The van der Waals surface area contributed by atoms with Gasteiger partial charge in [-0.05, 0) is 60.9 Å². The standard InChI is InChI=1S/C30H26N2O2/c1-20-7-6-8-23(16-20)19-34-29-14-12-24-9-4-5-10-26(24)27(29)17-25(18-31)30(33)32-28-13-11-21(2)15-22(28)3/h4-17H,19H2,1-3H3,(H,32,33)/b25-17+. The summed E-state index contributed by atoms with van der Waals surface area (Å²) in [5.41, 5.74) is 5.67. The number of aryl methyl sites for hydroxylation is 3. The van der Waals surface area contributed by atoms with Gasteiger partial charge in [-0.2, -0.15) is 5.26 Å². The molecule has 1 N–H and O–H groups in total. The van der Waals surface area contributed by atoms with Gasteiger partial charge in [0.2, 0.25) is 0 Å². The van der Waals surface area contributed by atoms with Gasteiger partial charge in [-0.3, -0.25) is 4.79 Å². The molecule has 0 radical (unpaired) electrons. The lowest BCUT2D eigenvalue weighted by molar-refractivity contribution is -0.112. The van der Waals surface area contributed by atoms with Crippen molar-refractivity contribution in [1.82, 2.24) is 0 Å². The zero-order valence-electron chi connectivity index (χ0n) is 19.6. The van der Waals surface area contributed by atoms with Gasteiger partial charge in [-0.25, -0.2) is 0 Å². The second kappa shape index (κ2) is 10.1. The average molecular weight is 447 g/mol. The highest BCUT2D eigenvalue weighted by Gasteiger charge is 2.15. The molecule has 0 atom stereocenters. The Bertz CT molecular complexity index is 1440. The predicted octanol–water partition coefficient (Wildman–Crippen LogP) is 6.89. The summed E-state index contributed by atoms with van der Waals surface area (Å²) in [5.74, 6) is 0.166. The van der Waals surface area contributed by atoms with Crippen molar-refractivity contribution in [3.8, 4) is 11.8 Å². The second-order valence-electron chi connectivity index (χ2n) is 8.42. The lowest BCUT2D eigenvalue weighted by Crippen LogP contribution is -2.14. The number of nitrogens with zero attached hydrogens (tertiary/aromatic N) is 1. The summed E-state index contributed by atoms with van der Waals surface area (Å²) in [7, 11) is 0. The van der Waals surface area contributed by atoms with E-state index in [0.29, 0.717) is 23.6 Å². The Morgan fingerprint density at radius 1 is 0.941 bits per heavy atom. The molecule has 0 aliphatic rings. The van der Waals surface area contributed by atoms with E-state index in [-0.39, 0.29) is 5.57 Å². The quantitative estimate of drug-likeness (QED) is 0.259. The van der Waals surface area contributed by atoms with Crippen LogP contribution in [0.3, 0.4) is 0 Å². The molecule has 4 heteroatoms. The van der Waals surface area contributed by atoms with Gasteiger partial charge in [-0.15, -0.1) is 0 Å². The molecule has 34 heavy (non-hydrogen) atoms. The summed E-state index contributed by atoms with van der Waals surface area (Å²) in [6, 6.07) is 27.7. The van der Waals surface area contributed by atoms with Crippen LogP contribution in [0, 0.1) is 32.1 Å². The van der Waals surface area contributed by atoms with Crippen molar-refractivity contribution in [2.45, 2.75) is 27.4 Å². The van der Waals surface area contributed by atoms with Crippen LogP contribution < -0.4 is 10.1 Å². The Balaban J connectivity index is 1.70. The Hall–Kier alpha value is -4.36. The summed E-state index contributed by atoms with van der Waals surface area (Å²) in [5, 5.41) is 14.6. The van der Waals surface area contributed by atoms with Crippen molar-refractivity contribution >= 4 is 28.4 Å². The Morgan fingerprint density at radius 2 is 1.74 bits per heavy atom. The molecular weight excluding hydrogens is 420 g/mol. The molecule has 0 saturated heterocycles. The monoisotopic (exact) mass is 446 g/mol. The SMILES string of the molecule is Cc1cccc(COc2ccc3ccccc3c2/C=C(\C#N)C(=O)Nc2ccc(C)cc2C)c1. The highest BCUT2D eigenvalue weighted by molar-refractivity contribution is 6.11. The minimum Gasteiger partial charge on any atom is -0.488 e. The molecule has 0 bridgehead atoms. The van der Waals surface area contributed by atoms with E-state index in [2.05, 4.69) is 17.5 Å². The number of ether oxygens (including phenoxy) is 1. The molecule has 4 aromatic rings. The second-order valence-corrected chi connectivity index (χ2v) is 8.42. The van der Waals surface area contributed by atoms with Gasteiger partial charge >= 0.3 is 0 Å². The fraction of sp³-hybridized carbons (Fsp3) is 0.133. The molecule has 0 heterocycles. The first-order valence-corrected chi connectivity index (χ1v) is 11.1. The van der Waals surface area contributed by atoms with Gasteiger partial charge < -0.3 is 10.1 Å². The molecule has 0 aliphatic heterocycles. The largest absolute Gasteiger partial charge is 0.488 e. The van der Waals surface area contributed by atoms with E-state index in [4.69, 9.17) is 4.74 Å². The highest BCUT2D eigenvalue weighted by atomic mass is 16.5. The minimum atomic E-state index is -0.452. The molecule has 4 rings (SSSR count).